The van der Waals surface area contributed by atoms with Gasteiger partial charge in [0.15, 0.2) is 0 Å². The SMILES string of the molecule is [Ag].[Au].[Cu].[PbH2]. The predicted molar refractivity (Wildman–Crippen MR) is 8.54 cm³/mol. The van der Waals surface area contributed by atoms with Crippen LogP contribution in [-0.2, 0) is 61.8 Å². The molecule has 0 aliphatic rings. The van der Waals surface area contributed by atoms with Crippen molar-refractivity contribution in [3.05, 3.63) is 0 Å². The molecule has 0 unspecified atom stereocenters. The van der Waals surface area contributed by atoms with E-state index in [-0.39, 0.29) is 89.1 Å². The average Bonchev–Trinajstić information content (AvgIpc) is 0. The number of hydrogen-bond acceptors (Lipinski definition) is 0. The summed E-state index contributed by atoms with van der Waals surface area (Å²) in [7, 11) is 0. The molecular formula is H2AgAuCuPb. The van der Waals surface area contributed by atoms with Gasteiger partial charge in [-0.1, -0.05) is 0 Å². The van der Waals surface area contributed by atoms with Crippen LogP contribution < -0.4 is 0 Å². The summed E-state index contributed by atoms with van der Waals surface area (Å²) in [5, 5.41) is 0. The van der Waals surface area contributed by atoms with E-state index in [4.69, 9.17) is 0 Å². The maximum atomic E-state index is 0. The van der Waals surface area contributed by atoms with Crippen LogP contribution in [0.2, 0.25) is 0 Å². The van der Waals surface area contributed by atoms with Gasteiger partial charge in [0.1, 0.15) is 0 Å². The van der Waals surface area contributed by atoms with Crippen LogP contribution in [0, 0.1) is 0 Å². The second kappa shape index (κ2) is 16.8. The first-order valence-electron chi connectivity index (χ1n) is 0. The molecule has 0 heterocycles. The molecule has 0 aromatic heterocycles. The van der Waals surface area contributed by atoms with Crippen molar-refractivity contribution in [2.45, 2.75) is 0 Å². The third-order valence-corrected chi connectivity index (χ3v) is 0. The van der Waals surface area contributed by atoms with Crippen molar-refractivity contribution < 1.29 is 61.8 Å². The molecular weight excluding hydrogens is 576 g/mol. The van der Waals surface area contributed by atoms with E-state index in [1.807, 2.05) is 0 Å². The molecule has 0 spiro atoms. The van der Waals surface area contributed by atoms with Gasteiger partial charge in [-0.15, -0.1) is 0 Å². The predicted octanol–water partition coefficient (Wildman–Crippen LogP) is -0.924. The second-order valence-electron chi connectivity index (χ2n) is 0. The fourth-order valence-electron chi connectivity index (χ4n) is 0. The van der Waals surface area contributed by atoms with E-state index >= 15 is 0 Å². The number of rotatable bonds is 0. The molecule has 0 rings (SSSR count). The molecule has 0 aromatic carbocycles. The van der Waals surface area contributed by atoms with Gasteiger partial charge in [0.05, 0.1) is 0 Å². The van der Waals surface area contributed by atoms with Crippen molar-refractivity contribution >= 4 is 27.3 Å². The third-order valence-electron chi connectivity index (χ3n) is 0. The van der Waals surface area contributed by atoms with Crippen LogP contribution in [0.3, 0.4) is 0 Å². The first-order valence-corrected chi connectivity index (χ1v) is 0. The van der Waals surface area contributed by atoms with E-state index in [1.165, 1.54) is 0 Å². The minimum absolute atomic E-state index is 0. The quantitative estimate of drug-likeness (QED) is 0.327. The van der Waals surface area contributed by atoms with Gasteiger partial charge in [0.25, 0.3) is 0 Å². The Bertz CT molecular complexity index is 8.00. The van der Waals surface area contributed by atoms with Gasteiger partial charge in [0, 0.05) is 61.8 Å². The van der Waals surface area contributed by atoms with Crippen molar-refractivity contribution in [1.29, 1.82) is 0 Å². The zero-order valence-corrected chi connectivity index (χ0v) is 11.7. The van der Waals surface area contributed by atoms with Gasteiger partial charge >= 0.3 is 27.3 Å². The van der Waals surface area contributed by atoms with E-state index in [2.05, 4.69) is 0 Å². The summed E-state index contributed by atoms with van der Waals surface area (Å²) in [4.78, 5) is 0. The monoisotopic (exact) mass is 577 g/mol. The van der Waals surface area contributed by atoms with E-state index in [1.54, 1.807) is 0 Å². The van der Waals surface area contributed by atoms with Gasteiger partial charge in [0.2, 0.25) is 0 Å². The minimum atomic E-state index is 0. The fourth-order valence-corrected chi connectivity index (χ4v) is 0. The van der Waals surface area contributed by atoms with Crippen LogP contribution in [0.5, 0.6) is 0 Å². The van der Waals surface area contributed by atoms with E-state index in [0.29, 0.717) is 0 Å². The van der Waals surface area contributed by atoms with Crippen molar-refractivity contribution in [1.82, 2.24) is 0 Å². The molecule has 0 N–H and O–H groups in total. The van der Waals surface area contributed by atoms with Gasteiger partial charge in [-0.2, -0.15) is 0 Å². The second-order valence-corrected chi connectivity index (χ2v) is 0. The Hall–Kier alpha value is 2.92. The summed E-state index contributed by atoms with van der Waals surface area (Å²) in [5.74, 6) is 0. The Morgan fingerprint density at radius 2 is 1.00 bits per heavy atom. The molecule has 0 fully saturated rings. The van der Waals surface area contributed by atoms with E-state index < -0.39 is 0 Å². The zero-order chi connectivity index (χ0) is 0. The van der Waals surface area contributed by atoms with Gasteiger partial charge in [-0.3, -0.25) is 0 Å². The van der Waals surface area contributed by atoms with Crippen LogP contribution in [-0.4, -0.2) is 27.3 Å². The summed E-state index contributed by atoms with van der Waals surface area (Å²) in [5.41, 5.74) is 0. The Balaban J connectivity index is 0. The van der Waals surface area contributed by atoms with Crippen LogP contribution in [0.25, 0.3) is 0 Å². The molecule has 5 radical (unpaired) electrons. The topological polar surface area (TPSA) is 0 Å². The van der Waals surface area contributed by atoms with Crippen LogP contribution in [0.15, 0.2) is 0 Å². The molecule has 0 saturated carbocycles. The molecule has 0 aromatic rings. The van der Waals surface area contributed by atoms with Crippen molar-refractivity contribution in [3.8, 4) is 0 Å². The van der Waals surface area contributed by atoms with Gasteiger partial charge in [-0.25, -0.2) is 0 Å². The van der Waals surface area contributed by atoms with Crippen molar-refractivity contribution in [2.24, 2.45) is 0 Å². The van der Waals surface area contributed by atoms with E-state index in [9.17, 15) is 0 Å². The fraction of sp³-hybridized carbons (Fsp3) is 0. The molecule has 39 valence electrons. The summed E-state index contributed by atoms with van der Waals surface area (Å²) in [6.45, 7) is 0. The first-order chi connectivity index (χ1) is 0. The normalized spacial score (nSPS) is 0. The van der Waals surface area contributed by atoms with Crippen molar-refractivity contribution in [2.75, 3.05) is 0 Å². The molecule has 0 saturated heterocycles. The Morgan fingerprint density at radius 3 is 1.00 bits per heavy atom. The Morgan fingerprint density at radius 1 is 1.00 bits per heavy atom. The molecule has 4 heavy (non-hydrogen) atoms. The maximum absolute atomic E-state index is 0. The van der Waals surface area contributed by atoms with Crippen molar-refractivity contribution in [3.63, 3.8) is 0 Å². The Kier molecular flexibility index (Phi) is 119. The van der Waals surface area contributed by atoms with Crippen LogP contribution >= 0.6 is 0 Å². The zero-order valence-electron chi connectivity index (χ0n) is 1.61. The van der Waals surface area contributed by atoms with Crippen LogP contribution in [0.4, 0.5) is 0 Å². The average molecular weight is 578 g/mol. The first kappa shape index (κ1) is 28.4. The standard InChI is InChI=1S/Ag.Au.Cu.Pb.2H. The Labute approximate surface area is 87.5 Å². The molecule has 0 atom stereocenters. The van der Waals surface area contributed by atoms with E-state index in [0.717, 1.165) is 0 Å². The molecule has 0 amide bonds. The number of hydrogen-bond donors (Lipinski definition) is 0. The molecule has 4 heteroatoms. The van der Waals surface area contributed by atoms with Crippen LogP contribution in [0.1, 0.15) is 0 Å². The summed E-state index contributed by atoms with van der Waals surface area (Å²) >= 11 is 0. The van der Waals surface area contributed by atoms with Gasteiger partial charge in [-0.05, 0) is 0 Å². The van der Waals surface area contributed by atoms with Gasteiger partial charge < -0.3 is 0 Å². The third kappa shape index (κ3) is 8.87. The summed E-state index contributed by atoms with van der Waals surface area (Å²) < 4.78 is 0. The molecule has 0 aliphatic carbocycles. The molecule has 0 bridgehead atoms. The summed E-state index contributed by atoms with van der Waals surface area (Å²) in [6, 6.07) is 0. The molecule has 0 aliphatic heterocycles. The summed E-state index contributed by atoms with van der Waals surface area (Å²) in [6.07, 6.45) is 0. The molecule has 0 nitrogen and oxygen atoms in total.